The van der Waals surface area contributed by atoms with Crippen LogP contribution in [0, 0.1) is 10.1 Å². The highest BCUT2D eigenvalue weighted by Gasteiger charge is 2.22. The van der Waals surface area contributed by atoms with Gasteiger partial charge in [-0.15, -0.1) is 0 Å². The maximum Gasteiger partial charge on any atom is 0.433 e. The zero-order valence-electron chi connectivity index (χ0n) is 11.5. The third kappa shape index (κ3) is 2.79. The fraction of sp³-hybridized carbons (Fsp3) is 0. The number of nitro groups is 1. The minimum absolute atomic E-state index is 0.0753. The second-order valence-corrected chi connectivity index (χ2v) is 5.01. The molecule has 0 atom stereocenters. The number of furan rings is 1. The molecule has 1 aromatic carbocycles. The number of aromatic nitrogens is 2. The van der Waals surface area contributed by atoms with Gasteiger partial charge in [-0.05, 0) is 24.3 Å². The van der Waals surface area contributed by atoms with E-state index in [9.17, 15) is 14.9 Å². The van der Waals surface area contributed by atoms with E-state index in [1.165, 1.54) is 23.0 Å². The average Bonchev–Trinajstić information content (AvgIpc) is 3.14. The number of amides is 1. The van der Waals surface area contributed by atoms with E-state index in [-0.39, 0.29) is 17.0 Å². The van der Waals surface area contributed by atoms with Crippen LogP contribution in [0.5, 0.6) is 0 Å². The van der Waals surface area contributed by atoms with E-state index in [0.29, 0.717) is 10.7 Å². The normalized spacial score (nSPS) is 10.7. The first-order valence-electron chi connectivity index (χ1n) is 6.35. The summed E-state index contributed by atoms with van der Waals surface area (Å²) in [5.41, 5.74) is 6.14. The van der Waals surface area contributed by atoms with Crippen molar-refractivity contribution in [3.63, 3.8) is 0 Å². The summed E-state index contributed by atoms with van der Waals surface area (Å²) in [5, 5.41) is 15.4. The Bertz CT molecular complexity index is 915. The van der Waals surface area contributed by atoms with Gasteiger partial charge in [0, 0.05) is 11.2 Å². The van der Waals surface area contributed by atoms with Crippen LogP contribution < -0.4 is 5.73 Å². The van der Waals surface area contributed by atoms with Gasteiger partial charge in [0.1, 0.15) is 10.6 Å². The first-order valence-corrected chi connectivity index (χ1v) is 6.73. The topological polar surface area (TPSA) is 117 Å². The van der Waals surface area contributed by atoms with Crippen molar-refractivity contribution >= 4 is 23.4 Å². The number of nitrogens with two attached hydrogens (primary N) is 1. The summed E-state index contributed by atoms with van der Waals surface area (Å²) in [6.45, 7) is 0. The summed E-state index contributed by atoms with van der Waals surface area (Å²) < 4.78 is 6.48. The number of nitrogens with zero attached hydrogens (tertiary/aromatic N) is 3. The molecule has 0 unspecified atom stereocenters. The number of rotatable bonds is 4. The van der Waals surface area contributed by atoms with Crippen LogP contribution in [0.25, 0.3) is 17.1 Å². The third-order valence-electron chi connectivity index (χ3n) is 3.06. The zero-order valence-corrected chi connectivity index (χ0v) is 12.2. The number of carbonyl (C=O) groups excluding carboxylic acids is 1. The average molecular weight is 333 g/mol. The molecule has 0 radical (unpaired) electrons. The Balaban J connectivity index is 2.12. The van der Waals surface area contributed by atoms with E-state index in [1.807, 2.05) is 0 Å². The van der Waals surface area contributed by atoms with Crippen molar-refractivity contribution in [2.45, 2.75) is 0 Å². The van der Waals surface area contributed by atoms with Gasteiger partial charge >= 0.3 is 5.88 Å². The standard InChI is InChI=1S/C14H9ClN4O4/c15-8-2-1-3-9(6-8)18-7-10(14(16)20)13(17-18)11-4-5-12(23-11)19(21)22/h1-7H,(H2,16,20). The third-order valence-corrected chi connectivity index (χ3v) is 3.29. The van der Waals surface area contributed by atoms with Crippen molar-refractivity contribution in [2.75, 3.05) is 0 Å². The number of benzene rings is 1. The molecule has 2 N–H and O–H groups in total. The quantitative estimate of drug-likeness (QED) is 0.582. The summed E-state index contributed by atoms with van der Waals surface area (Å²) in [5.74, 6) is -1.11. The molecule has 3 rings (SSSR count). The largest absolute Gasteiger partial charge is 0.433 e. The first-order chi connectivity index (χ1) is 11.0. The molecule has 9 heteroatoms. The van der Waals surface area contributed by atoms with Gasteiger partial charge in [0.15, 0.2) is 5.76 Å². The molecule has 0 saturated carbocycles. The zero-order chi connectivity index (χ0) is 16.6. The lowest BCUT2D eigenvalue weighted by atomic mass is 10.2. The van der Waals surface area contributed by atoms with Crippen molar-refractivity contribution in [1.29, 1.82) is 0 Å². The maximum absolute atomic E-state index is 11.6. The molecule has 2 heterocycles. The minimum Gasteiger partial charge on any atom is -0.399 e. The maximum atomic E-state index is 11.6. The van der Waals surface area contributed by atoms with Gasteiger partial charge in [-0.25, -0.2) is 4.68 Å². The summed E-state index contributed by atoms with van der Waals surface area (Å²) in [6, 6.07) is 9.33. The molecular weight excluding hydrogens is 324 g/mol. The van der Waals surface area contributed by atoms with Crippen molar-refractivity contribution < 1.29 is 14.1 Å². The second kappa shape index (κ2) is 5.58. The SMILES string of the molecule is NC(=O)c1cn(-c2cccc(Cl)c2)nc1-c1ccc([N+](=O)[O-])o1. The van der Waals surface area contributed by atoms with Crippen LogP contribution in [0.1, 0.15) is 10.4 Å². The van der Waals surface area contributed by atoms with Crippen LogP contribution in [-0.2, 0) is 0 Å². The Morgan fingerprint density at radius 3 is 2.74 bits per heavy atom. The van der Waals surface area contributed by atoms with Gasteiger partial charge in [0.2, 0.25) is 0 Å². The van der Waals surface area contributed by atoms with E-state index in [0.717, 1.165) is 0 Å². The smallest absolute Gasteiger partial charge is 0.399 e. The van der Waals surface area contributed by atoms with Gasteiger partial charge in [-0.3, -0.25) is 14.9 Å². The Labute approximate surface area is 134 Å². The van der Waals surface area contributed by atoms with Crippen molar-refractivity contribution in [3.8, 4) is 17.1 Å². The molecule has 0 aliphatic rings. The van der Waals surface area contributed by atoms with Crippen LogP contribution in [0.3, 0.4) is 0 Å². The molecule has 0 saturated heterocycles. The molecular formula is C14H9ClN4O4. The summed E-state index contributed by atoms with van der Waals surface area (Å²) in [6.07, 6.45) is 1.41. The Hall–Kier alpha value is -3.13. The summed E-state index contributed by atoms with van der Waals surface area (Å²) in [4.78, 5) is 21.6. The minimum atomic E-state index is -0.729. The lowest BCUT2D eigenvalue weighted by Gasteiger charge is -2.00. The number of hydrogen-bond donors (Lipinski definition) is 1. The van der Waals surface area contributed by atoms with E-state index in [2.05, 4.69) is 5.10 Å². The molecule has 0 spiro atoms. The number of primary amides is 1. The van der Waals surface area contributed by atoms with Gasteiger partial charge < -0.3 is 10.2 Å². The monoisotopic (exact) mass is 332 g/mol. The van der Waals surface area contributed by atoms with Crippen LogP contribution in [-0.4, -0.2) is 20.6 Å². The van der Waals surface area contributed by atoms with E-state index >= 15 is 0 Å². The molecule has 0 aliphatic heterocycles. The first kappa shape index (κ1) is 14.8. The van der Waals surface area contributed by atoms with Gasteiger partial charge in [-0.2, -0.15) is 5.10 Å². The summed E-state index contributed by atoms with van der Waals surface area (Å²) in [7, 11) is 0. The Kier molecular flexibility index (Phi) is 3.59. The van der Waals surface area contributed by atoms with Gasteiger partial charge in [0.25, 0.3) is 5.91 Å². The van der Waals surface area contributed by atoms with Crippen molar-refractivity contribution in [3.05, 3.63) is 63.3 Å². The fourth-order valence-corrected chi connectivity index (χ4v) is 2.22. The second-order valence-electron chi connectivity index (χ2n) is 4.58. The summed E-state index contributed by atoms with van der Waals surface area (Å²) >= 11 is 5.93. The van der Waals surface area contributed by atoms with Crippen LogP contribution in [0.15, 0.2) is 47.0 Å². The number of hydrogen-bond acceptors (Lipinski definition) is 5. The molecule has 0 fully saturated rings. The molecule has 8 nitrogen and oxygen atoms in total. The van der Waals surface area contributed by atoms with E-state index < -0.39 is 16.7 Å². The van der Waals surface area contributed by atoms with Crippen molar-refractivity contribution in [2.24, 2.45) is 5.73 Å². The van der Waals surface area contributed by atoms with Crippen LogP contribution >= 0.6 is 11.6 Å². The van der Waals surface area contributed by atoms with Crippen LogP contribution in [0.2, 0.25) is 5.02 Å². The number of carbonyl (C=O) groups is 1. The predicted octanol–water partition coefficient (Wildman–Crippen LogP) is 2.79. The van der Waals surface area contributed by atoms with Gasteiger partial charge in [-0.1, -0.05) is 17.7 Å². The van der Waals surface area contributed by atoms with E-state index in [4.69, 9.17) is 21.8 Å². The highest BCUT2D eigenvalue weighted by Crippen LogP contribution is 2.28. The lowest BCUT2D eigenvalue weighted by molar-refractivity contribution is -0.401. The molecule has 2 aromatic heterocycles. The van der Waals surface area contributed by atoms with Crippen LogP contribution in [0.4, 0.5) is 5.88 Å². The lowest BCUT2D eigenvalue weighted by Crippen LogP contribution is -2.11. The van der Waals surface area contributed by atoms with Gasteiger partial charge in [0.05, 0.1) is 17.3 Å². The molecule has 0 aliphatic carbocycles. The van der Waals surface area contributed by atoms with E-state index in [1.54, 1.807) is 24.3 Å². The molecule has 116 valence electrons. The predicted molar refractivity (Wildman–Crippen MR) is 81.4 cm³/mol. The fourth-order valence-electron chi connectivity index (χ4n) is 2.04. The Morgan fingerprint density at radius 1 is 1.35 bits per heavy atom. The molecule has 1 amide bonds. The molecule has 0 bridgehead atoms. The van der Waals surface area contributed by atoms with Crippen molar-refractivity contribution in [1.82, 2.24) is 9.78 Å². The Morgan fingerprint density at radius 2 is 2.13 bits per heavy atom. The molecule has 3 aromatic rings. The highest BCUT2D eigenvalue weighted by atomic mass is 35.5. The molecule has 23 heavy (non-hydrogen) atoms. The number of halogens is 1. The highest BCUT2D eigenvalue weighted by molar-refractivity contribution is 6.30.